The number of nitrogens with zero attached hydrogens (tertiary/aromatic N) is 5. The first-order valence-corrected chi connectivity index (χ1v) is 20.9. The molecule has 0 N–H and O–H groups in total. The maximum absolute atomic E-state index is 7.80. The van der Waals surface area contributed by atoms with Crippen LogP contribution in [0.3, 0.4) is 0 Å². The molecule has 8 aromatic rings. The van der Waals surface area contributed by atoms with Crippen molar-refractivity contribution in [3.63, 3.8) is 0 Å². The number of hydrogen-bond donors (Lipinski definition) is 0. The second kappa shape index (κ2) is 16.0. The van der Waals surface area contributed by atoms with E-state index in [4.69, 9.17) is 16.3 Å². The number of fused-ring (bicyclic) bond motifs is 4. The van der Waals surface area contributed by atoms with Crippen LogP contribution in [0.5, 0.6) is 11.5 Å². The van der Waals surface area contributed by atoms with Crippen LogP contribution in [0.15, 0.2) is 134 Å². The summed E-state index contributed by atoms with van der Waals surface area (Å²) in [6.07, 6.45) is 1.88. The molecule has 3 heterocycles. The van der Waals surface area contributed by atoms with Gasteiger partial charge in [-0.2, -0.15) is 12.1 Å². The average Bonchev–Trinajstić information content (AvgIpc) is 3.78. The fourth-order valence-corrected chi connectivity index (χ4v) is 8.09. The molecule has 1 aliphatic heterocycles. The molecule has 0 saturated carbocycles. The molecule has 0 saturated heterocycles. The molecule has 6 aromatic carbocycles. The molecule has 7 heteroatoms. The molecular formula is C55H50N5OPt-3. The van der Waals surface area contributed by atoms with Crippen molar-refractivity contribution in [2.24, 2.45) is 0 Å². The van der Waals surface area contributed by atoms with Gasteiger partial charge in [-0.25, -0.2) is 9.83 Å². The van der Waals surface area contributed by atoms with E-state index in [1.54, 1.807) is 0 Å². The topological polar surface area (TPSA) is 37.9 Å². The Morgan fingerprint density at radius 1 is 0.613 bits per heavy atom. The molecule has 314 valence electrons. The Morgan fingerprint density at radius 3 is 1.97 bits per heavy atom. The molecule has 62 heavy (non-hydrogen) atoms. The van der Waals surface area contributed by atoms with Gasteiger partial charge in [0, 0.05) is 61.3 Å². The number of anilines is 4. The Balaban J connectivity index is 0.00000529. The number of para-hydroxylation sites is 3. The largest absolute Gasteiger partial charge is 0.509 e. The van der Waals surface area contributed by atoms with E-state index in [1.807, 2.05) is 48.7 Å². The average molecular weight is 992 g/mol. The van der Waals surface area contributed by atoms with Gasteiger partial charge in [-0.05, 0) is 91.9 Å². The Labute approximate surface area is 380 Å². The quantitative estimate of drug-likeness (QED) is 0.156. The van der Waals surface area contributed by atoms with Crippen molar-refractivity contribution in [3.8, 4) is 28.4 Å². The summed E-state index contributed by atoms with van der Waals surface area (Å²) >= 11 is 0. The molecule has 9 rings (SSSR count). The zero-order chi connectivity index (χ0) is 42.8. The van der Waals surface area contributed by atoms with Crippen LogP contribution in [-0.2, 0) is 37.3 Å². The van der Waals surface area contributed by atoms with Crippen molar-refractivity contribution >= 4 is 50.2 Å². The molecule has 0 atom stereocenters. The molecule has 6 nitrogen and oxygen atoms in total. The fourth-order valence-electron chi connectivity index (χ4n) is 8.09. The maximum atomic E-state index is 7.80. The zero-order valence-corrected chi connectivity index (χ0v) is 39.0. The van der Waals surface area contributed by atoms with Crippen LogP contribution in [0, 0.1) is 25.4 Å². The minimum absolute atomic E-state index is 0. The van der Waals surface area contributed by atoms with E-state index in [9.17, 15) is 0 Å². The fraction of sp³-hybridized carbons (Fsp3) is 0.218. The molecule has 1 aliphatic rings. The summed E-state index contributed by atoms with van der Waals surface area (Å²) < 4.78 is 8.82. The van der Waals surface area contributed by atoms with Gasteiger partial charge in [0.1, 0.15) is 5.82 Å². The summed E-state index contributed by atoms with van der Waals surface area (Å²) in [5.41, 5.74) is 12.2. The molecule has 0 amide bonds. The number of hydrogen-bond acceptors (Lipinski definition) is 4. The van der Waals surface area contributed by atoms with E-state index >= 15 is 0 Å². The van der Waals surface area contributed by atoms with Crippen molar-refractivity contribution < 1.29 is 25.8 Å². The van der Waals surface area contributed by atoms with Gasteiger partial charge in [0.15, 0.2) is 5.69 Å². The van der Waals surface area contributed by atoms with Crippen LogP contribution in [0.25, 0.3) is 43.6 Å². The minimum atomic E-state index is -0.0674. The van der Waals surface area contributed by atoms with Crippen LogP contribution in [-0.4, -0.2) is 9.55 Å². The van der Waals surface area contributed by atoms with Gasteiger partial charge in [-0.1, -0.05) is 122 Å². The van der Waals surface area contributed by atoms with Gasteiger partial charge >= 0.3 is 0 Å². The van der Waals surface area contributed by atoms with Gasteiger partial charge in [0.2, 0.25) is 0 Å². The first-order chi connectivity index (χ1) is 29.1. The second-order valence-corrected chi connectivity index (χ2v) is 19.0. The summed E-state index contributed by atoms with van der Waals surface area (Å²) in [7, 11) is 0. The Morgan fingerprint density at radius 2 is 1.27 bits per heavy atom. The third-order valence-corrected chi connectivity index (χ3v) is 11.6. The predicted molar refractivity (Wildman–Crippen MR) is 252 cm³/mol. The molecule has 0 fully saturated rings. The smallest absolute Gasteiger partial charge is 0.194 e. The summed E-state index contributed by atoms with van der Waals surface area (Å²) in [4.78, 5) is 13.2. The van der Waals surface area contributed by atoms with Crippen LogP contribution in [0.4, 0.5) is 28.4 Å². The normalized spacial score (nSPS) is 13.0. The number of benzene rings is 6. The Bertz CT molecular complexity index is 2990. The summed E-state index contributed by atoms with van der Waals surface area (Å²) in [5, 5.41) is 2.06. The van der Waals surface area contributed by atoms with Gasteiger partial charge in [0.25, 0.3) is 0 Å². The second-order valence-electron chi connectivity index (χ2n) is 19.0. The van der Waals surface area contributed by atoms with Crippen molar-refractivity contribution in [2.75, 3.05) is 9.80 Å². The van der Waals surface area contributed by atoms with Crippen LogP contribution in [0.1, 0.15) is 79.0 Å². The molecule has 2 aromatic heterocycles. The van der Waals surface area contributed by atoms with Gasteiger partial charge in [0.05, 0.1) is 6.57 Å². The molecule has 0 spiro atoms. The van der Waals surface area contributed by atoms with E-state index in [2.05, 4.69) is 185 Å². The third-order valence-electron chi connectivity index (χ3n) is 11.6. The minimum Gasteiger partial charge on any atom is -0.509 e. The van der Waals surface area contributed by atoms with Crippen LogP contribution >= 0.6 is 0 Å². The SMILES string of the molecule is [C-]#[N+]c1ccccc1-c1ccc2c(c1)c1ccc(Oc3[c-]c(N4[CH-]N(c5cc(C(C)(C)C)cc(C(C)(C)C)c5)c5ccccc54)ccc3)[c-]c1n2-c1cc(C(C)(C)C)ccn1.[Pt]. The third kappa shape index (κ3) is 7.91. The standard InChI is InChI=1S/C55H50N5O.Pt/c1-53(2,3)37-26-27-57-52(32-37)60-48-25-22-36(44-18-11-12-19-47(44)56-10)28-46(48)45-24-23-43(34-51(45)60)61-42-17-15-16-40(33-42)58-35-59(50-21-14-13-20-49(50)58)41-30-38(54(4,5)6)29-39(31-41)55(7,8)9;/h11-32,35H,1-9H3;/q-3;. The van der Waals surface area contributed by atoms with E-state index < -0.39 is 0 Å². The monoisotopic (exact) mass is 991 g/mol. The number of ether oxygens (including phenoxy) is 1. The van der Waals surface area contributed by atoms with E-state index in [0.29, 0.717) is 17.2 Å². The van der Waals surface area contributed by atoms with Gasteiger partial charge in [-0.15, -0.1) is 48.1 Å². The van der Waals surface area contributed by atoms with Crippen LogP contribution in [0.2, 0.25) is 0 Å². The number of pyridine rings is 1. The van der Waals surface area contributed by atoms with Crippen LogP contribution < -0.4 is 14.5 Å². The van der Waals surface area contributed by atoms with Gasteiger partial charge < -0.3 is 19.1 Å². The molecule has 0 radical (unpaired) electrons. The Kier molecular flexibility index (Phi) is 10.9. The summed E-state index contributed by atoms with van der Waals surface area (Å²) in [6, 6.07) is 51.2. The van der Waals surface area contributed by atoms with Crippen molar-refractivity contribution in [1.82, 2.24) is 9.55 Å². The van der Waals surface area contributed by atoms with E-state index in [0.717, 1.165) is 61.5 Å². The summed E-state index contributed by atoms with van der Waals surface area (Å²) in [5.74, 6) is 1.95. The molecule has 0 bridgehead atoms. The van der Waals surface area contributed by atoms with E-state index in [1.165, 1.54) is 16.7 Å². The molecule has 0 unspecified atom stereocenters. The Hall–Kier alpha value is -6.15. The van der Waals surface area contributed by atoms with Gasteiger partial charge in [-0.3, -0.25) is 0 Å². The zero-order valence-electron chi connectivity index (χ0n) is 36.7. The first-order valence-electron chi connectivity index (χ1n) is 20.9. The first kappa shape index (κ1) is 42.5. The molecular weight excluding hydrogens is 942 g/mol. The van der Waals surface area contributed by atoms with Crippen molar-refractivity contribution in [2.45, 2.75) is 78.6 Å². The number of aromatic nitrogens is 2. The van der Waals surface area contributed by atoms with E-state index in [-0.39, 0.29) is 37.3 Å². The maximum Gasteiger partial charge on any atom is 0.194 e. The summed E-state index contributed by atoms with van der Waals surface area (Å²) in [6.45, 7) is 30.3. The van der Waals surface area contributed by atoms with Crippen molar-refractivity contribution in [3.05, 3.63) is 180 Å². The number of rotatable bonds is 6. The molecule has 0 aliphatic carbocycles. The van der Waals surface area contributed by atoms with Crippen molar-refractivity contribution in [1.29, 1.82) is 0 Å². The predicted octanol–water partition coefficient (Wildman–Crippen LogP) is 15.1.